The molecule has 0 amide bonds. The average molecular weight is 404 g/mol. The molecule has 0 fully saturated rings. The first-order valence-corrected chi connectivity index (χ1v) is 9.82. The van der Waals surface area contributed by atoms with Gasteiger partial charge in [-0.05, 0) is 36.4 Å². The molecule has 148 valence electrons. The lowest BCUT2D eigenvalue weighted by atomic mass is 10.3. The molecule has 4 aromatic heterocycles. The molecule has 0 aliphatic rings. The van der Waals surface area contributed by atoms with E-state index in [2.05, 4.69) is 19.9 Å². The number of benzene rings is 2. The third kappa shape index (κ3) is 3.08. The highest BCUT2D eigenvalue weighted by Crippen LogP contribution is 2.23. The summed E-state index contributed by atoms with van der Waals surface area (Å²) in [5.41, 5.74) is 3.80. The maximum absolute atomic E-state index is 5.99. The molecule has 0 bridgehead atoms. The number of ether oxygens (including phenoxy) is 1. The first-order chi connectivity index (χ1) is 15.3. The number of nitrogens with zero attached hydrogens (tertiary/aromatic N) is 6. The first-order valence-electron chi connectivity index (χ1n) is 9.82. The molecule has 0 spiro atoms. The lowest BCUT2D eigenvalue weighted by molar-refractivity contribution is 0.443. The lowest BCUT2D eigenvalue weighted by Crippen LogP contribution is -2.00. The number of aromatic nitrogens is 6. The number of hydrogen-bond acceptors (Lipinski definition) is 5. The van der Waals surface area contributed by atoms with Crippen molar-refractivity contribution in [1.29, 1.82) is 0 Å². The summed E-state index contributed by atoms with van der Waals surface area (Å²) in [6, 6.07) is 27.1. The maximum Gasteiger partial charge on any atom is 0.223 e. The fourth-order valence-electron chi connectivity index (χ4n) is 3.58. The molecule has 6 rings (SSSR count). The van der Waals surface area contributed by atoms with Crippen molar-refractivity contribution in [3.05, 3.63) is 97.6 Å². The molecule has 2 aromatic carbocycles. The van der Waals surface area contributed by atoms with Gasteiger partial charge in [-0.25, -0.2) is 9.97 Å². The van der Waals surface area contributed by atoms with E-state index < -0.39 is 0 Å². The molecule has 0 radical (unpaired) electrons. The van der Waals surface area contributed by atoms with E-state index in [9.17, 15) is 0 Å². The minimum absolute atomic E-state index is 0.454. The fourth-order valence-corrected chi connectivity index (χ4v) is 3.58. The molecule has 7 nitrogen and oxygen atoms in total. The molecule has 6 aromatic rings. The summed E-state index contributed by atoms with van der Waals surface area (Å²) < 4.78 is 9.86. The van der Waals surface area contributed by atoms with Crippen molar-refractivity contribution in [2.45, 2.75) is 0 Å². The smallest absolute Gasteiger partial charge is 0.223 e. The maximum atomic E-state index is 5.99. The van der Waals surface area contributed by atoms with Gasteiger partial charge in [0, 0.05) is 12.1 Å². The topological polar surface area (TPSA) is 70.7 Å². The number of pyridine rings is 2. The number of fused-ring (bicyclic) bond motifs is 2. The second-order valence-electron chi connectivity index (χ2n) is 6.98. The number of imidazole rings is 2. The van der Waals surface area contributed by atoms with E-state index in [1.54, 1.807) is 12.7 Å². The predicted octanol–water partition coefficient (Wildman–Crippen LogP) is 4.95. The summed E-state index contributed by atoms with van der Waals surface area (Å²) in [4.78, 5) is 18.2. The van der Waals surface area contributed by atoms with Crippen LogP contribution >= 0.6 is 0 Å². The second-order valence-corrected chi connectivity index (χ2v) is 6.98. The highest BCUT2D eigenvalue weighted by atomic mass is 16.5. The van der Waals surface area contributed by atoms with Crippen LogP contribution in [0, 0.1) is 0 Å². The number of para-hydroxylation sites is 4. The monoisotopic (exact) mass is 404 g/mol. The van der Waals surface area contributed by atoms with Crippen LogP contribution in [0.3, 0.4) is 0 Å². The van der Waals surface area contributed by atoms with Crippen molar-refractivity contribution in [1.82, 2.24) is 29.1 Å². The summed E-state index contributed by atoms with van der Waals surface area (Å²) in [6.07, 6.45) is 3.53. The van der Waals surface area contributed by atoms with E-state index >= 15 is 0 Å². The third-order valence-corrected chi connectivity index (χ3v) is 5.03. The van der Waals surface area contributed by atoms with Crippen molar-refractivity contribution in [2.75, 3.05) is 0 Å². The van der Waals surface area contributed by atoms with Gasteiger partial charge in [0.2, 0.25) is 11.8 Å². The van der Waals surface area contributed by atoms with Gasteiger partial charge in [-0.15, -0.1) is 0 Å². The Morgan fingerprint density at radius 1 is 0.516 bits per heavy atom. The summed E-state index contributed by atoms with van der Waals surface area (Å²) in [7, 11) is 0. The van der Waals surface area contributed by atoms with Gasteiger partial charge in [0.15, 0.2) is 0 Å². The number of rotatable bonds is 4. The van der Waals surface area contributed by atoms with Crippen molar-refractivity contribution in [2.24, 2.45) is 0 Å². The van der Waals surface area contributed by atoms with Crippen LogP contribution in [0.1, 0.15) is 0 Å². The Labute approximate surface area is 177 Å². The van der Waals surface area contributed by atoms with E-state index in [-0.39, 0.29) is 0 Å². The van der Waals surface area contributed by atoms with Crippen LogP contribution in [0.4, 0.5) is 0 Å². The minimum atomic E-state index is 0.454. The molecule has 0 aliphatic heterocycles. The highest BCUT2D eigenvalue weighted by molar-refractivity contribution is 5.77. The summed E-state index contributed by atoms with van der Waals surface area (Å²) in [5, 5.41) is 0. The Hall–Kier alpha value is -4.52. The van der Waals surface area contributed by atoms with Crippen molar-refractivity contribution in [3.8, 4) is 23.4 Å². The molecule has 0 saturated carbocycles. The molecule has 4 heterocycles. The Bertz CT molecular complexity index is 1420. The van der Waals surface area contributed by atoms with Crippen molar-refractivity contribution < 1.29 is 4.74 Å². The normalized spacial score (nSPS) is 11.2. The molecule has 0 unspecified atom stereocenters. The molecule has 31 heavy (non-hydrogen) atoms. The molecule has 0 N–H and O–H groups in total. The van der Waals surface area contributed by atoms with Crippen LogP contribution in [-0.2, 0) is 0 Å². The van der Waals surface area contributed by atoms with Crippen LogP contribution in [-0.4, -0.2) is 29.1 Å². The summed E-state index contributed by atoms with van der Waals surface area (Å²) in [5.74, 6) is 2.36. The Morgan fingerprint density at radius 2 is 1.00 bits per heavy atom. The zero-order valence-electron chi connectivity index (χ0n) is 16.3. The Balaban J connectivity index is 1.34. The van der Waals surface area contributed by atoms with E-state index in [0.29, 0.717) is 11.8 Å². The second kappa shape index (κ2) is 7.07. The lowest BCUT2D eigenvalue weighted by Gasteiger charge is -2.09. The van der Waals surface area contributed by atoms with Crippen molar-refractivity contribution >= 4 is 22.1 Å². The van der Waals surface area contributed by atoms with Gasteiger partial charge < -0.3 is 4.74 Å². The summed E-state index contributed by atoms with van der Waals surface area (Å²) >= 11 is 0. The predicted molar refractivity (Wildman–Crippen MR) is 118 cm³/mol. The average Bonchev–Trinajstić information content (AvgIpc) is 3.44. The van der Waals surface area contributed by atoms with E-state index in [4.69, 9.17) is 4.74 Å². The molecular weight excluding hydrogens is 388 g/mol. The Kier molecular flexibility index (Phi) is 3.96. The molecule has 7 heteroatoms. The van der Waals surface area contributed by atoms with Crippen LogP contribution in [0.25, 0.3) is 33.7 Å². The van der Waals surface area contributed by atoms with Gasteiger partial charge in [-0.3, -0.25) is 9.13 Å². The van der Waals surface area contributed by atoms with E-state index in [1.165, 1.54) is 0 Å². The van der Waals surface area contributed by atoms with Gasteiger partial charge in [-0.1, -0.05) is 36.4 Å². The molecule has 0 saturated heterocycles. The quantitative estimate of drug-likeness (QED) is 0.416. The van der Waals surface area contributed by atoms with Crippen LogP contribution in [0.2, 0.25) is 0 Å². The largest absolute Gasteiger partial charge is 0.421 e. The van der Waals surface area contributed by atoms with Gasteiger partial charge >= 0.3 is 0 Å². The van der Waals surface area contributed by atoms with Crippen LogP contribution in [0.5, 0.6) is 11.8 Å². The Morgan fingerprint density at radius 3 is 1.52 bits per heavy atom. The third-order valence-electron chi connectivity index (χ3n) is 5.03. The zero-order valence-corrected chi connectivity index (χ0v) is 16.3. The SMILES string of the molecule is c1cc(Oc2cccc(-n3cnc4ccccc43)n2)nc(-n2cnc3ccccc32)c1. The minimum Gasteiger partial charge on any atom is -0.421 e. The van der Waals surface area contributed by atoms with E-state index in [1.807, 2.05) is 94.1 Å². The first kappa shape index (κ1) is 17.3. The molecule has 0 aliphatic carbocycles. The molecule has 0 atom stereocenters. The fraction of sp³-hybridized carbons (Fsp3) is 0. The van der Waals surface area contributed by atoms with Crippen LogP contribution in [0.15, 0.2) is 97.6 Å². The number of hydrogen-bond donors (Lipinski definition) is 0. The van der Waals surface area contributed by atoms with Gasteiger partial charge in [0.25, 0.3) is 0 Å². The van der Waals surface area contributed by atoms with Gasteiger partial charge in [0.1, 0.15) is 24.3 Å². The van der Waals surface area contributed by atoms with Crippen LogP contribution < -0.4 is 4.74 Å². The van der Waals surface area contributed by atoms with Gasteiger partial charge in [0.05, 0.1) is 22.1 Å². The van der Waals surface area contributed by atoms with Crippen molar-refractivity contribution in [3.63, 3.8) is 0 Å². The molecular formula is C24H16N6O. The van der Waals surface area contributed by atoms with Gasteiger partial charge in [-0.2, -0.15) is 9.97 Å². The standard InChI is InChI=1S/C24H16N6O/c1-3-9-19-17(7-1)25-15-29(19)21-11-5-13-23(27-21)31-24-14-6-12-22(28-24)30-16-26-18-8-2-4-10-20(18)30/h1-16H. The summed E-state index contributed by atoms with van der Waals surface area (Å²) in [6.45, 7) is 0. The zero-order chi connectivity index (χ0) is 20.6. The van der Waals surface area contributed by atoms with E-state index in [0.717, 1.165) is 33.7 Å². The highest BCUT2D eigenvalue weighted by Gasteiger charge is 2.09.